The topological polar surface area (TPSA) is 20.3 Å². The van der Waals surface area contributed by atoms with Crippen LogP contribution in [0.3, 0.4) is 0 Å². The summed E-state index contributed by atoms with van der Waals surface area (Å²) in [6, 6.07) is 4.54. The van der Waals surface area contributed by atoms with Crippen LogP contribution in [0.1, 0.15) is 16.8 Å². The Balaban J connectivity index is 2.24. The van der Waals surface area contributed by atoms with E-state index in [9.17, 15) is 9.18 Å². The lowest BCUT2D eigenvalue weighted by Gasteiger charge is -2.31. The Hall–Kier alpha value is -1.03. The molecule has 1 fully saturated rings. The van der Waals surface area contributed by atoms with Crippen LogP contribution in [0.4, 0.5) is 4.39 Å². The number of amides is 1. The van der Waals surface area contributed by atoms with Gasteiger partial charge in [0.1, 0.15) is 5.82 Å². The SMILES string of the molecule is CSc1cc(C(=O)N2CCC2)ccc1F. The molecule has 0 spiro atoms. The fraction of sp³-hybridized carbons (Fsp3) is 0.364. The van der Waals surface area contributed by atoms with Gasteiger partial charge in [-0.15, -0.1) is 11.8 Å². The zero-order valence-corrected chi connectivity index (χ0v) is 9.31. The average molecular weight is 225 g/mol. The molecule has 1 heterocycles. The molecule has 1 aromatic carbocycles. The molecule has 2 nitrogen and oxygen atoms in total. The second-order valence-corrected chi connectivity index (χ2v) is 4.34. The van der Waals surface area contributed by atoms with Crippen LogP contribution in [0.25, 0.3) is 0 Å². The minimum absolute atomic E-state index is 0.0107. The number of hydrogen-bond acceptors (Lipinski definition) is 2. The molecule has 4 heteroatoms. The van der Waals surface area contributed by atoms with Crippen LogP contribution in [0.5, 0.6) is 0 Å². The molecule has 1 aliphatic heterocycles. The summed E-state index contributed by atoms with van der Waals surface area (Å²) in [4.78, 5) is 14.1. The number of carbonyl (C=O) groups excluding carboxylic acids is 1. The van der Waals surface area contributed by atoms with E-state index < -0.39 is 0 Å². The first-order chi connectivity index (χ1) is 7.22. The Kier molecular flexibility index (Phi) is 2.95. The van der Waals surface area contributed by atoms with Crippen molar-refractivity contribution < 1.29 is 9.18 Å². The van der Waals surface area contributed by atoms with Crippen molar-refractivity contribution in [2.75, 3.05) is 19.3 Å². The number of hydrogen-bond donors (Lipinski definition) is 0. The lowest BCUT2D eigenvalue weighted by molar-refractivity contribution is 0.0651. The van der Waals surface area contributed by atoms with Crippen molar-refractivity contribution in [2.45, 2.75) is 11.3 Å². The standard InChI is InChI=1S/C11H12FNOS/c1-15-10-7-8(3-4-9(10)12)11(14)13-5-2-6-13/h3-4,7H,2,5-6H2,1H3. The van der Waals surface area contributed by atoms with Gasteiger partial charge in [0.05, 0.1) is 0 Å². The van der Waals surface area contributed by atoms with E-state index in [1.165, 1.54) is 17.8 Å². The fourth-order valence-corrected chi connectivity index (χ4v) is 2.00. The summed E-state index contributed by atoms with van der Waals surface area (Å²) in [6.07, 6.45) is 2.87. The summed E-state index contributed by atoms with van der Waals surface area (Å²) in [6.45, 7) is 1.65. The maximum atomic E-state index is 13.2. The van der Waals surface area contributed by atoms with Crippen LogP contribution < -0.4 is 0 Å². The van der Waals surface area contributed by atoms with E-state index in [2.05, 4.69) is 0 Å². The molecular formula is C11H12FNOS. The fourth-order valence-electron chi connectivity index (χ4n) is 1.49. The van der Waals surface area contributed by atoms with Gasteiger partial charge in [-0.3, -0.25) is 4.79 Å². The maximum absolute atomic E-state index is 13.2. The Morgan fingerprint density at radius 3 is 2.73 bits per heavy atom. The molecular weight excluding hydrogens is 213 g/mol. The van der Waals surface area contributed by atoms with E-state index in [0.29, 0.717) is 10.5 Å². The zero-order valence-electron chi connectivity index (χ0n) is 8.50. The van der Waals surface area contributed by atoms with E-state index in [1.54, 1.807) is 23.3 Å². The Morgan fingerprint density at radius 1 is 1.47 bits per heavy atom. The van der Waals surface area contributed by atoms with Crippen LogP contribution in [0, 0.1) is 5.82 Å². The van der Waals surface area contributed by atoms with Crippen molar-refractivity contribution in [3.8, 4) is 0 Å². The number of carbonyl (C=O) groups is 1. The van der Waals surface area contributed by atoms with Gasteiger partial charge >= 0.3 is 0 Å². The molecule has 0 aromatic heterocycles. The molecule has 0 saturated carbocycles. The number of likely N-dealkylation sites (tertiary alicyclic amines) is 1. The van der Waals surface area contributed by atoms with Gasteiger partial charge in [-0.05, 0) is 30.9 Å². The molecule has 1 amide bonds. The van der Waals surface area contributed by atoms with Gasteiger partial charge in [-0.2, -0.15) is 0 Å². The highest BCUT2D eigenvalue weighted by Crippen LogP contribution is 2.22. The van der Waals surface area contributed by atoms with Crippen molar-refractivity contribution in [1.29, 1.82) is 0 Å². The number of rotatable bonds is 2. The smallest absolute Gasteiger partial charge is 0.253 e. The quantitative estimate of drug-likeness (QED) is 0.720. The van der Waals surface area contributed by atoms with Gasteiger partial charge in [0.15, 0.2) is 0 Å². The molecule has 80 valence electrons. The second-order valence-electron chi connectivity index (χ2n) is 3.50. The molecule has 1 saturated heterocycles. The summed E-state index contributed by atoms with van der Waals surface area (Å²) >= 11 is 1.32. The van der Waals surface area contributed by atoms with Crippen LogP contribution in [0.2, 0.25) is 0 Å². The summed E-state index contributed by atoms with van der Waals surface area (Å²) in [5, 5.41) is 0. The van der Waals surface area contributed by atoms with E-state index >= 15 is 0 Å². The summed E-state index contributed by atoms with van der Waals surface area (Å²) in [5.41, 5.74) is 0.584. The summed E-state index contributed by atoms with van der Waals surface area (Å²) in [7, 11) is 0. The number of halogens is 1. The molecule has 0 radical (unpaired) electrons. The number of benzene rings is 1. The molecule has 0 aliphatic carbocycles. The predicted octanol–water partition coefficient (Wildman–Crippen LogP) is 2.39. The van der Waals surface area contributed by atoms with Crippen molar-refractivity contribution in [2.24, 2.45) is 0 Å². The van der Waals surface area contributed by atoms with Gasteiger partial charge in [0, 0.05) is 23.5 Å². The van der Waals surface area contributed by atoms with Crippen LogP contribution in [-0.2, 0) is 0 Å². The molecule has 1 aromatic rings. The first kappa shape index (κ1) is 10.5. The van der Waals surface area contributed by atoms with Gasteiger partial charge in [0.2, 0.25) is 0 Å². The Labute approximate surface area is 92.5 Å². The largest absolute Gasteiger partial charge is 0.339 e. The highest BCUT2D eigenvalue weighted by Gasteiger charge is 2.21. The zero-order chi connectivity index (χ0) is 10.8. The lowest BCUT2D eigenvalue weighted by Crippen LogP contribution is -2.42. The number of thioether (sulfide) groups is 1. The first-order valence-electron chi connectivity index (χ1n) is 4.85. The van der Waals surface area contributed by atoms with Gasteiger partial charge in [-0.1, -0.05) is 0 Å². The first-order valence-corrected chi connectivity index (χ1v) is 6.07. The normalized spacial score (nSPS) is 14.9. The average Bonchev–Trinajstić information content (AvgIpc) is 2.15. The van der Waals surface area contributed by atoms with Crippen molar-refractivity contribution in [3.63, 3.8) is 0 Å². The van der Waals surface area contributed by atoms with Gasteiger partial charge in [0.25, 0.3) is 5.91 Å². The van der Waals surface area contributed by atoms with Crippen molar-refractivity contribution in [1.82, 2.24) is 4.90 Å². The van der Waals surface area contributed by atoms with Crippen LogP contribution >= 0.6 is 11.8 Å². The maximum Gasteiger partial charge on any atom is 0.253 e. The van der Waals surface area contributed by atoms with E-state index in [-0.39, 0.29) is 11.7 Å². The Morgan fingerprint density at radius 2 is 2.20 bits per heavy atom. The molecule has 0 N–H and O–H groups in total. The van der Waals surface area contributed by atoms with Crippen molar-refractivity contribution in [3.05, 3.63) is 29.6 Å². The molecule has 2 rings (SSSR count). The molecule has 0 bridgehead atoms. The second kappa shape index (κ2) is 4.23. The van der Waals surface area contributed by atoms with Gasteiger partial charge in [-0.25, -0.2) is 4.39 Å². The molecule has 0 atom stereocenters. The summed E-state index contributed by atoms with van der Waals surface area (Å²) in [5.74, 6) is -0.251. The minimum atomic E-state index is -0.261. The third kappa shape index (κ3) is 2.00. The molecule has 0 unspecified atom stereocenters. The lowest BCUT2D eigenvalue weighted by atomic mass is 10.1. The van der Waals surface area contributed by atoms with Crippen LogP contribution in [-0.4, -0.2) is 30.2 Å². The van der Waals surface area contributed by atoms with E-state index in [0.717, 1.165) is 19.5 Å². The van der Waals surface area contributed by atoms with E-state index in [4.69, 9.17) is 0 Å². The van der Waals surface area contributed by atoms with E-state index in [1.807, 2.05) is 0 Å². The predicted molar refractivity (Wildman–Crippen MR) is 58.7 cm³/mol. The summed E-state index contributed by atoms with van der Waals surface area (Å²) < 4.78 is 13.2. The monoisotopic (exact) mass is 225 g/mol. The highest BCUT2D eigenvalue weighted by atomic mass is 32.2. The third-order valence-electron chi connectivity index (χ3n) is 2.54. The highest BCUT2D eigenvalue weighted by molar-refractivity contribution is 7.98. The minimum Gasteiger partial charge on any atom is -0.339 e. The van der Waals surface area contributed by atoms with Gasteiger partial charge < -0.3 is 4.90 Å². The molecule has 1 aliphatic rings. The van der Waals surface area contributed by atoms with Crippen molar-refractivity contribution >= 4 is 17.7 Å². The third-order valence-corrected chi connectivity index (χ3v) is 3.29. The van der Waals surface area contributed by atoms with Crippen LogP contribution in [0.15, 0.2) is 23.1 Å². The molecule has 15 heavy (non-hydrogen) atoms. The Bertz CT molecular complexity index is 390. The number of nitrogens with zero attached hydrogens (tertiary/aromatic N) is 1.